The summed E-state index contributed by atoms with van der Waals surface area (Å²) < 4.78 is 0. The molecule has 1 unspecified atom stereocenters. The van der Waals surface area contributed by atoms with Crippen LogP contribution in [0.2, 0.25) is 0 Å². The third kappa shape index (κ3) is 4.45. The summed E-state index contributed by atoms with van der Waals surface area (Å²) in [6.07, 6.45) is 0.896. The number of nitrogens with one attached hydrogen (secondary N) is 1. The zero-order chi connectivity index (χ0) is 14.5. The first-order valence-electron chi connectivity index (χ1n) is 7.10. The first kappa shape index (κ1) is 17.5. The van der Waals surface area contributed by atoms with Crippen molar-refractivity contribution in [2.45, 2.75) is 26.3 Å². The van der Waals surface area contributed by atoms with Gasteiger partial charge in [0.25, 0.3) is 5.91 Å². The van der Waals surface area contributed by atoms with E-state index in [9.17, 15) is 4.79 Å². The van der Waals surface area contributed by atoms with E-state index in [1.54, 1.807) is 0 Å². The monoisotopic (exact) mass is 306 g/mol. The van der Waals surface area contributed by atoms with E-state index in [2.05, 4.69) is 19.2 Å². The van der Waals surface area contributed by atoms with Crippen molar-refractivity contribution in [3.05, 3.63) is 48.0 Å². The van der Waals surface area contributed by atoms with Crippen LogP contribution in [0.3, 0.4) is 0 Å². The van der Waals surface area contributed by atoms with Crippen molar-refractivity contribution < 1.29 is 4.79 Å². The van der Waals surface area contributed by atoms with Gasteiger partial charge in [-0.3, -0.25) is 4.79 Å². The number of halogens is 1. The van der Waals surface area contributed by atoms with Gasteiger partial charge in [-0.25, -0.2) is 0 Å². The van der Waals surface area contributed by atoms with Crippen LogP contribution in [0.15, 0.2) is 42.5 Å². The highest BCUT2D eigenvalue weighted by molar-refractivity contribution is 6.07. The lowest BCUT2D eigenvalue weighted by Crippen LogP contribution is -2.41. The highest BCUT2D eigenvalue weighted by Gasteiger charge is 2.15. The fourth-order valence-electron chi connectivity index (χ4n) is 2.47. The normalized spacial score (nSPS) is 12.0. The topological polar surface area (TPSA) is 55.1 Å². The minimum absolute atomic E-state index is 0. The van der Waals surface area contributed by atoms with E-state index in [4.69, 9.17) is 5.73 Å². The van der Waals surface area contributed by atoms with E-state index in [1.165, 1.54) is 0 Å². The molecule has 0 saturated heterocycles. The van der Waals surface area contributed by atoms with Crippen molar-refractivity contribution in [3.63, 3.8) is 0 Å². The van der Waals surface area contributed by atoms with Gasteiger partial charge in [-0.1, -0.05) is 50.2 Å². The summed E-state index contributed by atoms with van der Waals surface area (Å²) >= 11 is 0. The first-order chi connectivity index (χ1) is 9.61. The van der Waals surface area contributed by atoms with Crippen LogP contribution in [-0.4, -0.2) is 18.5 Å². The zero-order valence-corrected chi connectivity index (χ0v) is 13.3. The molecule has 21 heavy (non-hydrogen) atoms. The van der Waals surface area contributed by atoms with Crippen LogP contribution in [-0.2, 0) is 0 Å². The van der Waals surface area contributed by atoms with Crippen LogP contribution in [0.25, 0.3) is 10.8 Å². The molecule has 0 spiro atoms. The molecule has 3 N–H and O–H groups in total. The van der Waals surface area contributed by atoms with E-state index in [-0.39, 0.29) is 24.4 Å². The lowest BCUT2D eigenvalue weighted by molar-refractivity contribution is 0.0935. The summed E-state index contributed by atoms with van der Waals surface area (Å²) in [4.78, 5) is 12.4. The molecule has 0 aliphatic carbocycles. The smallest absolute Gasteiger partial charge is 0.252 e. The van der Waals surface area contributed by atoms with Crippen molar-refractivity contribution in [1.82, 2.24) is 5.32 Å². The van der Waals surface area contributed by atoms with Crippen LogP contribution in [0.1, 0.15) is 30.6 Å². The van der Waals surface area contributed by atoms with Gasteiger partial charge in [0.15, 0.2) is 0 Å². The van der Waals surface area contributed by atoms with E-state index < -0.39 is 0 Å². The maximum atomic E-state index is 12.4. The van der Waals surface area contributed by atoms with Crippen LogP contribution in [0.4, 0.5) is 0 Å². The quantitative estimate of drug-likeness (QED) is 0.890. The minimum atomic E-state index is -0.0436. The molecule has 4 heteroatoms. The van der Waals surface area contributed by atoms with Gasteiger partial charge in [0.2, 0.25) is 0 Å². The van der Waals surface area contributed by atoms with E-state index >= 15 is 0 Å². The van der Waals surface area contributed by atoms with E-state index in [1.807, 2.05) is 42.5 Å². The molecular formula is C17H23ClN2O. The number of rotatable bonds is 5. The highest BCUT2D eigenvalue weighted by atomic mass is 35.5. The van der Waals surface area contributed by atoms with Crippen molar-refractivity contribution in [3.8, 4) is 0 Å². The van der Waals surface area contributed by atoms with Crippen molar-refractivity contribution in [2.75, 3.05) is 6.54 Å². The summed E-state index contributed by atoms with van der Waals surface area (Å²) in [6, 6.07) is 13.7. The van der Waals surface area contributed by atoms with Crippen LogP contribution in [0.5, 0.6) is 0 Å². The van der Waals surface area contributed by atoms with Gasteiger partial charge < -0.3 is 11.1 Å². The molecule has 114 valence electrons. The Morgan fingerprint density at radius 3 is 2.48 bits per heavy atom. The van der Waals surface area contributed by atoms with Gasteiger partial charge in [0.05, 0.1) is 0 Å². The minimum Gasteiger partial charge on any atom is -0.348 e. The molecule has 0 aromatic heterocycles. The van der Waals surface area contributed by atoms with Crippen molar-refractivity contribution in [2.24, 2.45) is 11.7 Å². The predicted molar refractivity (Wildman–Crippen MR) is 91.0 cm³/mol. The number of carbonyl (C=O) groups excluding carboxylic acids is 1. The third-order valence-corrected chi connectivity index (χ3v) is 3.41. The van der Waals surface area contributed by atoms with Crippen LogP contribution in [0, 0.1) is 5.92 Å². The lowest BCUT2D eigenvalue weighted by Gasteiger charge is -2.19. The number of hydrogen-bond donors (Lipinski definition) is 2. The SMILES string of the molecule is CC(C)CC(CN)NC(=O)c1cccc2ccccc12.Cl. The maximum Gasteiger partial charge on any atom is 0.252 e. The molecule has 0 aliphatic heterocycles. The van der Waals surface area contributed by atoms with Gasteiger partial charge in [-0.05, 0) is 29.2 Å². The number of fused-ring (bicyclic) bond motifs is 1. The maximum absolute atomic E-state index is 12.4. The number of amides is 1. The third-order valence-electron chi connectivity index (χ3n) is 3.41. The Morgan fingerprint density at radius 2 is 1.81 bits per heavy atom. The van der Waals surface area contributed by atoms with E-state index in [0.717, 1.165) is 17.2 Å². The molecule has 1 atom stereocenters. The predicted octanol–water partition coefficient (Wildman–Crippen LogP) is 3.36. The molecule has 2 rings (SSSR count). The molecule has 0 heterocycles. The van der Waals surface area contributed by atoms with Crippen LogP contribution < -0.4 is 11.1 Å². The lowest BCUT2D eigenvalue weighted by atomic mass is 10.0. The average Bonchev–Trinajstić information content (AvgIpc) is 2.45. The molecule has 2 aromatic carbocycles. The highest BCUT2D eigenvalue weighted by Crippen LogP contribution is 2.18. The second kappa shape index (κ2) is 8.01. The van der Waals surface area contributed by atoms with E-state index in [0.29, 0.717) is 18.0 Å². The van der Waals surface area contributed by atoms with Gasteiger partial charge >= 0.3 is 0 Å². The fraction of sp³-hybridized carbons (Fsp3) is 0.353. The molecule has 2 aromatic rings. The van der Waals surface area contributed by atoms with Crippen molar-refractivity contribution in [1.29, 1.82) is 0 Å². The Bertz CT molecular complexity index is 593. The second-order valence-corrected chi connectivity index (χ2v) is 5.56. The molecule has 0 saturated carbocycles. The molecule has 0 radical (unpaired) electrons. The number of hydrogen-bond acceptors (Lipinski definition) is 2. The standard InChI is InChI=1S/C17H22N2O.ClH/c1-12(2)10-14(11-18)19-17(20)16-9-5-7-13-6-3-4-8-15(13)16;/h3-9,12,14H,10-11,18H2,1-2H3,(H,19,20);1H. The zero-order valence-electron chi connectivity index (χ0n) is 12.5. The molecule has 0 fully saturated rings. The summed E-state index contributed by atoms with van der Waals surface area (Å²) in [5.41, 5.74) is 6.46. The van der Waals surface area contributed by atoms with Gasteiger partial charge in [0.1, 0.15) is 0 Å². The number of benzene rings is 2. The summed E-state index contributed by atoms with van der Waals surface area (Å²) in [5, 5.41) is 5.10. The van der Waals surface area contributed by atoms with Crippen LogP contribution >= 0.6 is 12.4 Å². The Morgan fingerprint density at radius 1 is 1.14 bits per heavy atom. The molecular weight excluding hydrogens is 284 g/mol. The Balaban J connectivity index is 0.00000220. The molecule has 1 amide bonds. The Labute approximate surface area is 132 Å². The molecule has 0 bridgehead atoms. The Kier molecular flexibility index (Phi) is 6.66. The number of nitrogens with two attached hydrogens (primary N) is 1. The summed E-state index contributed by atoms with van der Waals surface area (Å²) in [6.45, 7) is 4.73. The molecule has 3 nitrogen and oxygen atoms in total. The first-order valence-corrected chi connectivity index (χ1v) is 7.10. The van der Waals surface area contributed by atoms with Gasteiger partial charge in [0, 0.05) is 18.2 Å². The second-order valence-electron chi connectivity index (χ2n) is 5.56. The van der Waals surface area contributed by atoms with Gasteiger partial charge in [-0.15, -0.1) is 12.4 Å². The average molecular weight is 307 g/mol. The summed E-state index contributed by atoms with van der Waals surface area (Å²) in [5.74, 6) is 0.467. The summed E-state index contributed by atoms with van der Waals surface area (Å²) in [7, 11) is 0. The number of carbonyl (C=O) groups is 1. The Hall–Kier alpha value is -1.58. The van der Waals surface area contributed by atoms with Crippen molar-refractivity contribution >= 4 is 29.1 Å². The largest absolute Gasteiger partial charge is 0.348 e. The fourth-order valence-corrected chi connectivity index (χ4v) is 2.47. The van der Waals surface area contributed by atoms with Gasteiger partial charge in [-0.2, -0.15) is 0 Å². The molecule has 0 aliphatic rings.